The third kappa shape index (κ3) is 3.94. The lowest BCUT2D eigenvalue weighted by Crippen LogP contribution is -2.49. The Bertz CT molecular complexity index is 1070. The van der Waals surface area contributed by atoms with Crippen LogP contribution >= 0.6 is 11.6 Å². The van der Waals surface area contributed by atoms with Crippen LogP contribution in [0.15, 0.2) is 60.7 Å². The van der Waals surface area contributed by atoms with Gasteiger partial charge in [0.25, 0.3) is 23.4 Å². The van der Waals surface area contributed by atoms with Crippen molar-refractivity contribution >= 4 is 35.0 Å². The van der Waals surface area contributed by atoms with Gasteiger partial charge >= 0.3 is 0 Å². The van der Waals surface area contributed by atoms with Crippen molar-refractivity contribution in [1.29, 1.82) is 0 Å². The number of amides is 3. The molecule has 1 saturated heterocycles. The molecule has 2 aliphatic rings. The zero-order valence-electron chi connectivity index (χ0n) is 16.3. The van der Waals surface area contributed by atoms with Gasteiger partial charge in [-0.1, -0.05) is 42.0 Å². The number of hydrogen-bond donors (Lipinski definition) is 0. The lowest BCUT2D eigenvalue weighted by atomic mass is 9.85. The van der Waals surface area contributed by atoms with Gasteiger partial charge in [-0.05, 0) is 36.6 Å². The number of nitro groups is 1. The minimum Gasteiger partial charge on any atom is -0.272 e. The van der Waals surface area contributed by atoms with Gasteiger partial charge in [0, 0.05) is 22.7 Å². The molecular formula is C22H18ClN3O5. The highest BCUT2D eigenvalue weighted by Crippen LogP contribution is 2.36. The molecule has 158 valence electrons. The Morgan fingerprint density at radius 2 is 1.68 bits per heavy atom. The predicted molar refractivity (Wildman–Crippen MR) is 112 cm³/mol. The highest BCUT2D eigenvalue weighted by molar-refractivity contribution is 6.30. The lowest BCUT2D eigenvalue weighted by molar-refractivity contribution is -0.384. The average molecular weight is 440 g/mol. The fraction of sp³-hybridized carbons (Fsp3) is 0.227. The molecule has 1 fully saturated rings. The second-order valence-electron chi connectivity index (χ2n) is 7.44. The largest absolute Gasteiger partial charge is 0.273 e. The molecule has 8 nitrogen and oxygen atoms in total. The van der Waals surface area contributed by atoms with E-state index in [0.29, 0.717) is 23.4 Å². The van der Waals surface area contributed by atoms with Gasteiger partial charge in [0.05, 0.1) is 23.3 Å². The first-order chi connectivity index (χ1) is 14.9. The Hall–Kier alpha value is -3.52. The maximum Gasteiger partial charge on any atom is 0.273 e. The van der Waals surface area contributed by atoms with E-state index in [1.807, 2.05) is 12.2 Å². The van der Waals surface area contributed by atoms with E-state index >= 15 is 0 Å². The summed E-state index contributed by atoms with van der Waals surface area (Å²) in [6, 6.07) is 11.9. The smallest absolute Gasteiger partial charge is 0.272 e. The first-order valence-electron chi connectivity index (χ1n) is 9.70. The highest BCUT2D eigenvalue weighted by Gasteiger charge is 2.50. The summed E-state index contributed by atoms with van der Waals surface area (Å²) >= 11 is 5.94. The molecule has 2 atom stereocenters. The summed E-state index contributed by atoms with van der Waals surface area (Å²) in [5, 5.41) is 13.6. The monoisotopic (exact) mass is 439 g/mol. The maximum absolute atomic E-state index is 13.4. The molecule has 2 aromatic rings. The number of allylic oxidation sites excluding steroid dienone is 2. The minimum atomic E-state index is -0.674. The van der Waals surface area contributed by atoms with Crippen LogP contribution in [0, 0.1) is 22.0 Å². The molecule has 0 N–H and O–H groups in total. The quantitative estimate of drug-likeness (QED) is 0.305. The van der Waals surface area contributed by atoms with Crippen molar-refractivity contribution < 1.29 is 19.3 Å². The summed E-state index contributed by atoms with van der Waals surface area (Å²) in [7, 11) is 0. The normalized spacial score (nSPS) is 20.0. The third-order valence-corrected chi connectivity index (χ3v) is 5.76. The highest BCUT2D eigenvalue weighted by atomic mass is 35.5. The summed E-state index contributed by atoms with van der Waals surface area (Å²) in [6.45, 7) is -0.0664. The molecule has 2 aromatic carbocycles. The van der Waals surface area contributed by atoms with Gasteiger partial charge in [-0.25, -0.2) is 5.01 Å². The van der Waals surface area contributed by atoms with Crippen LogP contribution in [-0.2, 0) is 16.1 Å². The number of hydrogen-bond acceptors (Lipinski definition) is 5. The van der Waals surface area contributed by atoms with Crippen LogP contribution in [0.25, 0.3) is 0 Å². The van der Waals surface area contributed by atoms with Crippen LogP contribution in [0.3, 0.4) is 0 Å². The summed E-state index contributed by atoms with van der Waals surface area (Å²) in [4.78, 5) is 50.1. The SMILES string of the molecule is O=C(c1cccc([N+](=O)[O-])c1)N(Cc1ccc(Cl)cc1)N1C(=O)[C@@H]2CC=CC[C@H]2C1=O. The number of nitro benzene ring substituents is 1. The lowest BCUT2D eigenvalue weighted by Gasteiger charge is -2.30. The molecule has 4 rings (SSSR count). The minimum absolute atomic E-state index is 0.0109. The number of nitrogens with zero attached hydrogens (tertiary/aromatic N) is 3. The molecule has 0 saturated carbocycles. The second kappa shape index (κ2) is 8.31. The van der Waals surface area contributed by atoms with Crippen molar-refractivity contribution in [3.05, 3.63) is 86.9 Å². The molecule has 0 aromatic heterocycles. The average Bonchev–Trinajstić information content (AvgIpc) is 3.03. The van der Waals surface area contributed by atoms with Crippen molar-refractivity contribution in [2.45, 2.75) is 19.4 Å². The van der Waals surface area contributed by atoms with Gasteiger partial charge in [-0.2, -0.15) is 5.01 Å². The number of carbonyl (C=O) groups excluding carboxylic acids is 3. The Morgan fingerprint density at radius 3 is 2.26 bits per heavy atom. The summed E-state index contributed by atoms with van der Waals surface area (Å²) < 4.78 is 0. The van der Waals surface area contributed by atoms with Crippen molar-refractivity contribution in [1.82, 2.24) is 10.0 Å². The van der Waals surface area contributed by atoms with Crippen LogP contribution in [-0.4, -0.2) is 32.7 Å². The van der Waals surface area contributed by atoms with Crippen molar-refractivity contribution in [2.24, 2.45) is 11.8 Å². The molecule has 1 aliphatic carbocycles. The van der Waals surface area contributed by atoms with Gasteiger partial charge in [0.15, 0.2) is 0 Å². The molecule has 3 amide bonds. The molecule has 0 bridgehead atoms. The number of carbonyl (C=O) groups is 3. The number of fused-ring (bicyclic) bond motifs is 1. The van der Waals surface area contributed by atoms with Crippen LogP contribution < -0.4 is 0 Å². The fourth-order valence-corrected chi connectivity index (χ4v) is 4.04. The van der Waals surface area contributed by atoms with Crippen molar-refractivity contribution in [3.8, 4) is 0 Å². The molecule has 0 radical (unpaired) electrons. The molecule has 0 unspecified atom stereocenters. The second-order valence-corrected chi connectivity index (χ2v) is 7.88. The number of halogens is 1. The molecule has 31 heavy (non-hydrogen) atoms. The van der Waals surface area contributed by atoms with E-state index in [9.17, 15) is 24.5 Å². The van der Waals surface area contributed by atoms with Crippen molar-refractivity contribution in [2.75, 3.05) is 0 Å². The first-order valence-corrected chi connectivity index (χ1v) is 10.1. The van der Waals surface area contributed by atoms with E-state index in [1.54, 1.807) is 24.3 Å². The van der Waals surface area contributed by atoms with Crippen LogP contribution in [0.5, 0.6) is 0 Å². The van der Waals surface area contributed by atoms with E-state index < -0.39 is 34.5 Å². The molecule has 1 heterocycles. The Kier molecular flexibility index (Phi) is 5.56. The van der Waals surface area contributed by atoms with Gasteiger partial charge in [-0.15, -0.1) is 0 Å². The topological polar surface area (TPSA) is 101 Å². The number of rotatable bonds is 5. The standard InChI is InChI=1S/C22H18ClN3O5/c23-16-10-8-14(9-11-16)13-24(20(27)15-4-3-5-17(12-15)26(30)31)25-21(28)18-6-1-2-7-19(18)22(25)29/h1-5,8-12,18-19H,6-7,13H2/t18-,19-/m1/s1. The first kappa shape index (κ1) is 20.7. The zero-order chi connectivity index (χ0) is 22.1. The summed E-state index contributed by atoms with van der Waals surface area (Å²) in [5.41, 5.74) is 0.405. The Balaban J connectivity index is 1.72. The number of hydrazine groups is 1. The molecular weight excluding hydrogens is 422 g/mol. The van der Waals surface area contributed by atoms with Crippen molar-refractivity contribution in [3.63, 3.8) is 0 Å². The maximum atomic E-state index is 13.4. The summed E-state index contributed by atoms with van der Waals surface area (Å²) in [6.07, 6.45) is 4.60. The van der Waals surface area contributed by atoms with Crippen LogP contribution in [0.1, 0.15) is 28.8 Å². The molecule has 1 aliphatic heterocycles. The van der Waals surface area contributed by atoms with E-state index in [4.69, 9.17) is 11.6 Å². The Morgan fingerprint density at radius 1 is 1.06 bits per heavy atom. The van der Waals surface area contributed by atoms with E-state index in [1.165, 1.54) is 18.2 Å². The van der Waals surface area contributed by atoms with Gasteiger partial charge < -0.3 is 0 Å². The Labute approximate surface area is 182 Å². The predicted octanol–water partition coefficient (Wildman–Crippen LogP) is 3.76. The van der Waals surface area contributed by atoms with E-state index in [2.05, 4.69) is 0 Å². The van der Waals surface area contributed by atoms with E-state index in [0.717, 1.165) is 16.1 Å². The van der Waals surface area contributed by atoms with E-state index in [-0.39, 0.29) is 17.8 Å². The van der Waals surface area contributed by atoms with Crippen LogP contribution in [0.2, 0.25) is 5.02 Å². The molecule has 0 spiro atoms. The third-order valence-electron chi connectivity index (χ3n) is 5.51. The molecule has 9 heteroatoms. The summed E-state index contributed by atoms with van der Waals surface area (Å²) in [5.74, 6) is -2.57. The van der Waals surface area contributed by atoms with Gasteiger partial charge in [0.1, 0.15) is 0 Å². The van der Waals surface area contributed by atoms with Gasteiger partial charge in [-0.3, -0.25) is 24.5 Å². The van der Waals surface area contributed by atoms with Gasteiger partial charge in [0.2, 0.25) is 0 Å². The van der Waals surface area contributed by atoms with Crippen LogP contribution in [0.4, 0.5) is 5.69 Å². The number of non-ortho nitro benzene ring substituents is 1. The zero-order valence-corrected chi connectivity index (χ0v) is 17.1. The number of benzene rings is 2. The fourth-order valence-electron chi connectivity index (χ4n) is 3.92. The number of imide groups is 1.